The molecular formula is C46H65FN2O4. The molecule has 2 aromatic rings. The third kappa shape index (κ3) is 7.53. The molecule has 2 aromatic carbocycles. The van der Waals surface area contributed by atoms with Gasteiger partial charge in [-0.3, -0.25) is 14.4 Å². The lowest BCUT2D eigenvalue weighted by Gasteiger charge is -2.69. The molecule has 0 radical (unpaired) electrons. The smallest absolute Gasteiger partial charge is 0.226 e. The average Bonchev–Trinajstić information content (AvgIpc) is 3.57. The molecule has 9 unspecified atom stereocenters. The number of ketones is 1. The van der Waals surface area contributed by atoms with Gasteiger partial charge in [0.05, 0.1) is 11.5 Å². The van der Waals surface area contributed by atoms with Crippen LogP contribution < -0.4 is 11.1 Å². The Labute approximate surface area is 318 Å². The summed E-state index contributed by atoms with van der Waals surface area (Å²) in [4.78, 5) is 34.5. The van der Waals surface area contributed by atoms with Crippen LogP contribution in [0.1, 0.15) is 139 Å². The molecule has 0 bridgehead atoms. The number of nitrogens with two attached hydrogens (primary N) is 1. The zero-order chi connectivity index (χ0) is 38.8. The number of amides is 2. The van der Waals surface area contributed by atoms with E-state index >= 15 is 0 Å². The molecule has 5 saturated carbocycles. The lowest BCUT2D eigenvalue weighted by atomic mass is 9.36. The maximum Gasteiger partial charge on any atom is 0.226 e. The van der Waals surface area contributed by atoms with E-state index in [2.05, 4.69) is 51.4 Å². The number of aliphatic hydroxyl groups excluding tert-OH is 1. The van der Waals surface area contributed by atoms with Gasteiger partial charge >= 0.3 is 0 Å². The number of aliphatic hydroxyl groups is 1. The van der Waals surface area contributed by atoms with Crippen LogP contribution >= 0.6 is 0 Å². The summed E-state index contributed by atoms with van der Waals surface area (Å²) in [6, 6.07) is 12.8. The topological polar surface area (TPSA) is 109 Å². The van der Waals surface area contributed by atoms with Gasteiger partial charge in [-0.2, -0.15) is 0 Å². The van der Waals surface area contributed by atoms with Crippen molar-refractivity contribution >= 4 is 18.1 Å². The molecule has 4 N–H and O–H groups in total. The van der Waals surface area contributed by atoms with Crippen molar-refractivity contribution in [2.45, 2.75) is 131 Å². The number of primary amides is 1. The number of nitrogens with one attached hydrogen (secondary N) is 1. The van der Waals surface area contributed by atoms with Crippen molar-refractivity contribution < 1.29 is 23.9 Å². The highest BCUT2D eigenvalue weighted by atomic mass is 19.1. The molecule has 9 atom stereocenters. The Morgan fingerprint density at radius 2 is 1.58 bits per heavy atom. The Balaban J connectivity index is 0.000000847. The molecular weight excluding hydrogens is 664 g/mol. The minimum Gasteiger partial charge on any atom is -0.393 e. The number of hydrogen-bond donors (Lipinski definition) is 3. The molecule has 5 fully saturated rings. The van der Waals surface area contributed by atoms with Crippen molar-refractivity contribution in [3.05, 3.63) is 83.2 Å². The van der Waals surface area contributed by atoms with Crippen molar-refractivity contribution in [1.82, 2.24) is 5.32 Å². The number of carbonyl (C=O) groups is 3. The summed E-state index contributed by atoms with van der Waals surface area (Å²) in [5, 5.41) is 14.4. The lowest BCUT2D eigenvalue weighted by molar-refractivity contribution is -0.214. The Morgan fingerprint density at radius 3 is 2.26 bits per heavy atom. The molecule has 5 aliphatic carbocycles. The van der Waals surface area contributed by atoms with Crippen LogP contribution in [-0.4, -0.2) is 29.3 Å². The number of hydrogen-bond acceptors (Lipinski definition) is 4. The first-order valence-electron chi connectivity index (χ1n) is 20.2. The maximum absolute atomic E-state index is 14.7. The van der Waals surface area contributed by atoms with E-state index in [4.69, 9.17) is 4.79 Å². The highest BCUT2D eigenvalue weighted by Gasteiger charge is 2.67. The Kier molecular flexibility index (Phi) is 12.5. The van der Waals surface area contributed by atoms with Crippen LogP contribution in [0, 0.1) is 57.1 Å². The van der Waals surface area contributed by atoms with Gasteiger partial charge < -0.3 is 16.2 Å². The molecule has 5 aliphatic rings. The SMILES string of the molecule is C=CC.CC(=O)c1ccc(Cc2cccc(CNC(=O)C34CCCC3C3CCC5C(C)(CCC6C(C)(C)C(O)CCC65C)C3CC4)c2)c(F)c1.NC=O. The summed E-state index contributed by atoms with van der Waals surface area (Å²) in [6.07, 6.45) is 14.9. The number of fused-ring (bicyclic) bond motifs is 7. The Morgan fingerprint density at radius 1 is 0.906 bits per heavy atom. The van der Waals surface area contributed by atoms with Gasteiger partial charge in [-0.05, 0) is 147 Å². The second-order valence-corrected chi connectivity index (χ2v) is 18.2. The second kappa shape index (κ2) is 16.2. The largest absolute Gasteiger partial charge is 0.393 e. The Bertz CT molecular complexity index is 1650. The van der Waals surface area contributed by atoms with Gasteiger partial charge in [0.25, 0.3) is 0 Å². The van der Waals surface area contributed by atoms with Crippen molar-refractivity contribution in [3.63, 3.8) is 0 Å². The van der Waals surface area contributed by atoms with Crippen LogP contribution in [0.25, 0.3) is 0 Å². The second-order valence-electron chi connectivity index (χ2n) is 18.2. The molecule has 7 heteroatoms. The molecule has 53 heavy (non-hydrogen) atoms. The van der Waals surface area contributed by atoms with Gasteiger partial charge in [0, 0.05) is 18.5 Å². The maximum atomic E-state index is 14.7. The average molecular weight is 729 g/mol. The highest BCUT2D eigenvalue weighted by molar-refractivity contribution is 5.94. The van der Waals surface area contributed by atoms with E-state index in [0.29, 0.717) is 64.5 Å². The fraction of sp³-hybridized carbons (Fsp3) is 0.630. The van der Waals surface area contributed by atoms with E-state index in [9.17, 15) is 19.1 Å². The standard InChI is InChI=1S/C42H56FNO3.C3H6.CH3NO/c1-26(45)29-11-12-30(34(43)24-29)23-27-8-6-9-28(22-27)25-44-38(47)42-18-7-10-33(42)31-13-14-36-40(4,32(31)15-21-42)19-16-35-39(2,3)37(46)17-20-41(35,36)5;1-3-2;2-1-3/h6,8-9,11-12,22,24,31-33,35-37,46H,7,10,13-21,23,25H2,1-5H3,(H,44,47);3H,1H2,2H3;1H,(H2,2,3). The van der Waals surface area contributed by atoms with E-state index in [-0.39, 0.29) is 40.9 Å². The van der Waals surface area contributed by atoms with Gasteiger partial charge in [-0.25, -0.2) is 4.39 Å². The molecule has 0 aromatic heterocycles. The van der Waals surface area contributed by atoms with Crippen LogP contribution in [-0.2, 0) is 22.6 Å². The fourth-order valence-corrected chi connectivity index (χ4v) is 12.9. The third-order valence-corrected chi connectivity index (χ3v) is 15.2. The molecule has 290 valence electrons. The van der Waals surface area contributed by atoms with E-state index in [1.807, 2.05) is 25.1 Å². The van der Waals surface area contributed by atoms with Crippen molar-refractivity contribution in [2.24, 2.45) is 57.0 Å². The van der Waals surface area contributed by atoms with E-state index < -0.39 is 0 Å². The summed E-state index contributed by atoms with van der Waals surface area (Å²) in [7, 11) is 0. The van der Waals surface area contributed by atoms with E-state index in [1.54, 1.807) is 18.2 Å². The molecule has 0 saturated heterocycles. The lowest BCUT2D eigenvalue weighted by Crippen LogP contribution is -2.63. The summed E-state index contributed by atoms with van der Waals surface area (Å²) in [5.74, 6) is 2.84. The molecule has 2 amide bonds. The minimum atomic E-state index is -0.357. The first kappa shape index (κ1) is 40.9. The number of halogens is 1. The molecule has 0 spiro atoms. The number of carbonyl (C=O) groups excluding carboxylic acids is 3. The Hall–Kier alpha value is -3.32. The van der Waals surface area contributed by atoms with Gasteiger partial charge in [0.1, 0.15) is 5.82 Å². The fourth-order valence-electron chi connectivity index (χ4n) is 12.9. The van der Waals surface area contributed by atoms with Crippen LogP contribution in [0.4, 0.5) is 4.39 Å². The van der Waals surface area contributed by atoms with Crippen LogP contribution in [0.15, 0.2) is 55.1 Å². The third-order valence-electron chi connectivity index (χ3n) is 15.2. The van der Waals surface area contributed by atoms with Crippen molar-refractivity contribution in [2.75, 3.05) is 0 Å². The summed E-state index contributed by atoms with van der Waals surface area (Å²) < 4.78 is 14.7. The summed E-state index contributed by atoms with van der Waals surface area (Å²) in [6.45, 7) is 17.1. The zero-order valence-electron chi connectivity index (χ0n) is 33.2. The number of allylic oxidation sites excluding steroid dienone is 1. The van der Waals surface area contributed by atoms with Gasteiger partial charge in [-0.1, -0.05) is 76.6 Å². The first-order valence-corrected chi connectivity index (χ1v) is 20.2. The van der Waals surface area contributed by atoms with Crippen molar-refractivity contribution in [3.8, 4) is 0 Å². The first-order chi connectivity index (χ1) is 25.1. The monoisotopic (exact) mass is 728 g/mol. The van der Waals surface area contributed by atoms with Gasteiger partial charge in [-0.15, -0.1) is 6.58 Å². The summed E-state index contributed by atoms with van der Waals surface area (Å²) in [5.41, 5.74) is 7.50. The quantitative estimate of drug-likeness (QED) is 0.157. The zero-order valence-corrected chi connectivity index (χ0v) is 33.2. The number of Topliss-reactive ketones (excluding diaryl/α,β-unsaturated/α-hetero) is 1. The normalized spacial score (nSPS) is 34.9. The predicted octanol–water partition coefficient (Wildman–Crippen LogP) is 9.36. The van der Waals surface area contributed by atoms with Gasteiger partial charge in [0.2, 0.25) is 12.3 Å². The van der Waals surface area contributed by atoms with Crippen LogP contribution in [0.2, 0.25) is 0 Å². The molecule has 0 aliphatic heterocycles. The predicted molar refractivity (Wildman–Crippen MR) is 210 cm³/mol. The highest BCUT2D eigenvalue weighted by Crippen LogP contribution is 2.73. The molecule has 6 nitrogen and oxygen atoms in total. The minimum absolute atomic E-state index is 0.0198. The van der Waals surface area contributed by atoms with E-state index in [0.717, 1.165) is 49.7 Å². The number of rotatable bonds is 6. The molecule has 7 rings (SSSR count). The molecule has 0 heterocycles. The van der Waals surface area contributed by atoms with Crippen LogP contribution in [0.5, 0.6) is 0 Å². The number of benzene rings is 2. The van der Waals surface area contributed by atoms with E-state index in [1.165, 1.54) is 45.1 Å². The van der Waals surface area contributed by atoms with Crippen LogP contribution in [0.3, 0.4) is 0 Å². The van der Waals surface area contributed by atoms with Crippen molar-refractivity contribution in [1.29, 1.82) is 0 Å². The summed E-state index contributed by atoms with van der Waals surface area (Å²) >= 11 is 0. The van der Waals surface area contributed by atoms with Gasteiger partial charge in [0.15, 0.2) is 5.78 Å².